The Bertz CT molecular complexity index is 1820. The molecule has 8 nitrogen and oxygen atoms in total. The number of carboxylic acids is 1. The van der Waals surface area contributed by atoms with Crippen LogP contribution in [0.4, 0.5) is 17.6 Å². The van der Waals surface area contributed by atoms with Crippen LogP contribution in [-0.2, 0) is 16.6 Å². The summed E-state index contributed by atoms with van der Waals surface area (Å²) in [5, 5.41) is 16.0. The van der Waals surface area contributed by atoms with Gasteiger partial charge in [-0.1, -0.05) is 18.2 Å². The number of halogens is 4. The Labute approximate surface area is 230 Å². The van der Waals surface area contributed by atoms with E-state index in [1.54, 1.807) is 0 Å². The number of aromatic nitrogens is 4. The molecule has 1 aliphatic heterocycles. The first-order chi connectivity index (χ1) is 19.7. The maximum atomic E-state index is 14.9. The molecule has 0 amide bonds. The average molecular weight is 567 g/mol. The van der Waals surface area contributed by atoms with Crippen molar-refractivity contribution in [3.63, 3.8) is 0 Å². The summed E-state index contributed by atoms with van der Waals surface area (Å²) in [7, 11) is 0. The average Bonchev–Trinajstić information content (AvgIpc) is 3.65. The van der Waals surface area contributed by atoms with Gasteiger partial charge in [0.25, 0.3) is 0 Å². The number of rotatable bonds is 7. The summed E-state index contributed by atoms with van der Waals surface area (Å²) in [6.45, 7) is 2.26. The monoisotopic (exact) mass is 566 g/mol. The van der Waals surface area contributed by atoms with E-state index in [-0.39, 0.29) is 40.9 Å². The largest absolute Gasteiger partial charge is 0.493 e. The van der Waals surface area contributed by atoms with Gasteiger partial charge in [0, 0.05) is 23.6 Å². The standard InChI is InChI=1S/C29H22F4N4O4/c1-29(10-12-40-25-14(5-8-20(38)39)3-2-4-18(25)29)28-35-27(36-37-28)17-13-15(6-7-19(17)30)41-26-21(31)16-9-11-34-24(16)22(32)23(26)33/h2-4,6-7,9,11,13,34H,5,8,10,12H2,1H3,(H,38,39)(H,35,36,37)/t29-/m0/s1. The summed E-state index contributed by atoms with van der Waals surface area (Å²) in [6.07, 6.45) is 2.01. The summed E-state index contributed by atoms with van der Waals surface area (Å²) in [4.78, 5) is 18.1. The van der Waals surface area contributed by atoms with Crippen molar-refractivity contribution >= 4 is 16.9 Å². The van der Waals surface area contributed by atoms with Gasteiger partial charge in [0.2, 0.25) is 11.6 Å². The molecule has 3 heterocycles. The van der Waals surface area contributed by atoms with Crippen LogP contribution in [0.2, 0.25) is 0 Å². The van der Waals surface area contributed by atoms with E-state index in [9.17, 15) is 22.4 Å². The van der Waals surface area contributed by atoms with Gasteiger partial charge < -0.3 is 19.6 Å². The first-order valence-electron chi connectivity index (χ1n) is 12.7. The van der Waals surface area contributed by atoms with Crippen LogP contribution in [0.3, 0.4) is 0 Å². The van der Waals surface area contributed by atoms with E-state index in [4.69, 9.17) is 14.6 Å². The van der Waals surface area contributed by atoms with Gasteiger partial charge in [0.05, 0.1) is 23.1 Å². The predicted octanol–water partition coefficient (Wildman–Crippen LogP) is 6.41. The Morgan fingerprint density at radius 1 is 1.12 bits per heavy atom. The zero-order chi connectivity index (χ0) is 28.9. The first kappa shape index (κ1) is 26.4. The van der Waals surface area contributed by atoms with E-state index in [1.807, 2.05) is 25.1 Å². The highest BCUT2D eigenvalue weighted by atomic mass is 19.2. The normalized spacial score (nSPS) is 16.4. The van der Waals surface area contributed by atoms with Crippen molar-refractivity contribution in [2.75, 3.05) is 6.61 Å². The number of aliphatic carboxylic acids is 1. The van der Waals surface area contributed by atoms with Gasteiger partial charge in [0.1, 0.15) is 23.1 Å². The fraction of sp³-hybridized carbons (Fsp3) is 0.207. The zero-order valence-electron chi connectivity index (χ0n) is 21.5. The van der Waals surface area contributed by atoms with Crippen molar-refractivity contribution in [3.8, 4) is 28.6 Å². The van der Waals surface area contributed by atoms with Crippen molar-refractivity contribution in [3.05, 3.63) is 88.9 Å². The minimum absolute atomic E-state index is 0.0348. The van der Waals surface area contributed by atoms with E-state index in [0.717, 1.165) is 23.3 Å². The molecule has 0 saturated carbocycles. The Hall–Kier alpha value is -4.87. The second-order valence-corrected chi connectivity index (χ2v) is 9.91. The number of carbonyl (C=O) groups is 1. The highest BCUT2D eigenvalue weighted by Crippen LogP contribution is 2.44. The van der Waals surface area contributed by atoms with E-state index < -0.39 is 40.4 Å². The van der Waals surface area contributed by atoms with Crippen LogP contribution < -0.4 is 9.47 Å². The third kappa shape index (κ3) is 4.45. The van der Waals surface area contributed by atoms with E-state index in [1.165, 1.54) is 18.3 Å². The van der Waals surface area contributed by atoms with Gasteiger partial charge >= 0.3 is 5.97 Å². The van der Waals surface area contributed by atoms with Crippen molar-refractivity contribution < 1.29 is 36.9 Å². The molecular weight excluding hydrogens is 544 g/mol. The Balaban J connectivity index is 1.34. The number of H-pyrrole nitrogens is 2. The number of hydrogen-bond donors (Lipinski definition) is 3. The van der Waals surface area contributed by atoms with Crippen molar-refractivity contribution in [1.82, 2.24) is 20.2 Å². The molecule has 0 bridgehead atoms. The van der Waals surface area contributed by atoms with Crippen LogP contribution in [0.1, 0.15) is 36.7 Å². The number of carboxylic acid groups (broad SMARTS) is 1. The molecule has 0 unspecified atom stereocenters. The molecular formula is C29H22F4N4O4. The van der Waals surface area contributed by atoms with Crippen LogP contribution >= 0.6 is 0 Å². The highest BCUT2D eigenvalue weighted by Gasteiger charge is 2.39. The molecule has 5 aromatic rings. The van der Waals surface area contributed by atoms with Crippen LogP contribution in [0.15, 0.2) is 48.7 Å². The fourth-order valence-corrected chi connectivity index (χ4v) is 5.10. The van der Waals surface area contributed by atoms with Gasteiger partial charge in [-0.25, -0.2) is 18.2 Å². The number of ether oxygens (including phenoxy) is 2. The first-order valence-corrected chi connectivity index (χ1v) is 12.7. The SMILES string of the molecule is C[C@]1(c2nc(-c3cc(Oc4c(F)c(F)c5[nH]ccc5c4F)ccc3F)n[nH]2)CCOc2c(CCC(=O)O)cccc21. The lowest BCUT2D eigenvalue weighted by Gasteiger charge is -2.35. The van der Waals surface area contributed by atoms with Gasteiger partial charge in [-0.05, 0) is 49.6 Å². The summed E-state index contributed by atoms with van der Waals surface area (Å²) in [5.41, 5.74) is 0.358. The molecule has 3 N–H and O–H groups in total. The quantitative estimate of drug-likeness (QED) is 0.155. The lowest BCUT2D eigenvalue weighted by Crippen LogP contribution is -2.33. The molecule has 0 fully saturated rings. The number of aryl methyl sites for hydroxylation is 1. The van der Waals surface area contributed by atoms with Gasteiger partial charge in [-0.3, -0.25) is 9.89 Å². The maximum Gasteiger partial charge on any atom is 0.303 e. The summed E-state index contributed by atoms with van der Waals surface area (Å²) >= 11 is 0. The summed E-state index contributed by atoms with van der Waals surface area (Å²) in [6, 6.07) is 10.1. The van der Waals surface area contributed by atoms with Crippen molar-refractivity contribution in [2.24, 2.45) is 0 Å². The van der Waals surface area contributed by atoms with Crippen molar-refractivity contribution in [1.29, 1.82) is 0 Å². The van der Waals surface area contributed by atoms with E-state index in [0.29, 0.717) is 24.6 Å². The molecule has 1 aliphatic rings. The molecule has 6 rings (SSSR count). The van der Waals surface area contributed by atoms with E-state index >= 15 is 0 Å². The smallest absolute Gasteiger partial charge is 0.303 e. The second kappa shape index (κ2) is 9.95. The molecule has 0 saturated heterocycles. The molecule has 210 valence electrons. The molecule has 3 aromatic carbocycles. The van der Waals surface area contributed by atoms with Gasteiger partial charge in [-0.15, -0.1) is 0 Å². The molecule has 2 aromatic heterocycles. The fourth-order valence-electron chi connectivity index (χ4n) is 5.10. The number of aromatic amines is 2. The molecule has 0 radical (unpaired) electrons. The number of fused-ring (bicyclic) bond motifs is 2. The lowest BCUT2D eigenvalue weighted by molar-refractivity contribution is -0.136. The van der Waals surface area contributed by atoms with Crippen molar-refractivity contribution in [2.45, 2.75) is 31.6 Å². The third-order valence-corrected chi connectivity index (χ3v) is 7.35. The zero-order valence-corrected chi connectivity index (χ0v) is 21.5. The topological polar surface area (TPSA) is 113 Å². The molecule has 0 aliphatic carbocycles. The molecule has 12 heteroatoms. The van der Waals surface area contributed by atoms with Gasteiger partial charge in [0.15, 0.2) is 17.5 Å². The lowest BCUT2D eigenvalue weighted by atomic mass is 9.76. The second-order valence-electron chi connectivity index (χ2n) is 9.91. The number of benzene rings is 3. The predicted molar refractivity (Wildman–Crippen MR) is 139 cm³/mol. The Kier molecular flexibility index (Phi) is 6.40. The summed E-state index contributed by atoms with van der Waals surface area (Å²) in [5.74, 6) is -5.76. The highest BCUT2D eigenvalue weighted by molar-refractivity contribution is 5.82. The Morgan fingerprint density at radius 2 is 1.95 bits per heavy atom. The molecule has 0 spiro atoms. The summed E-state index contributed by atoms with van der Waals surface area (Å²) < 4.78 is 70.2. The Morgan fingerprint density at radius 3 is 2.76 bits per heavy atom. The molecule has 41 heavy (non-hydrogen) atoms. The minimum atomic E-state index is -1.53. The maximum absolute atomic E-state index is 14.9. The van der Waals surface area contributed by atoms with Crippen LogP contribution in [0.5, 0.6) is 17.2 Å². The minimum Gasteiger partial charge on any atom is -0.493 e. The molecule has 1 atom stereocenters. The van der Waals surface area contributed by atoms with Crippen LogP contribution in [-0.4, -0.2) is 37.8 Å². The van der Waals surface area contributed by atoms with Crippen LogP contribution in [0, 0.1) is 23.3 Å². The number of para-hydroxylation sites is 1. The van der Waals surface area contributed by atoms with E-state index in [2.05, 4.69) is 20.2 Å². The number of nitrogens with one attached hydrogen (secondary N) is 2. The van der Waals surface area contributed by atoms with Gasteiger partial charge in [-0.2, -0.15) is 9.49 Å². The third-order valence-electron chi connectivity index (χ3n) is 7.35. The van der Waals surface area contributed by atoms with Crippen LogP contribution in [0.25, 0.3) is 22.3 Å². The number of nitrogens with zero attached hydrogens (tertiary/aromatic N) is 2. The number of hydrogen-bond acceptors (Lipinski definition) is 5.